The Labute approximate surface area is 190 Å². The maximum atomic E-state index is 13.5. The lowest BCUT2D eigenvalue weighted by Crippen LogP contribution is -2.36. The van der Waals surface area contributed by atoms with Crippen LogP contribution in [-0.2, 0) is 11.3 Å². The van der Waals surface area contributed by atoms with E-state index in [2.05, 4.69) is 4.98 Å². The number of rotatable bonds is 7. The molecule has 7 heteroatoms. The molecule has 0 saturated heterocycles. The molecular weight excluding hydrogens is 418 g/mol. The van der Waals surface area contributed by atoms with E-state index in [1.807, 2.05) is 72.7 Å². The molecule has 2 N–H and O–H groups in total. The Bertz CT molecular complexity index is 1320. The Kier molecular flexibility index (Phi) is 5.30. The minimum atomic E-state index is -0.685. The number of nitrogens with zero attached hydrogens (tertiary/aromatic N) is 2. The maximum Gasteiger partial charge on any atom is 0.290 e. The Hall–Kier alpha value is -4.13. The van der Waals surface area contributed by atoms with E-state index >= 15 is 0 Å². The topological polar surface area (TPSA) is 90.4 Å². The minimum absolute atomic E-state index is 0.0530. The lowest BCUT2D eigenvalue weighted by Gasteiger charge is -2.26. The predicted molar refractivity (Wildman–Crippen MR) is 121 cm³/mol. The zero-order chi connectivity index (χ0) is 22.9. The number of hydrogen-bond acceptors (Lipinski definition) is 4. The number of aromatic nitrogens is 2. The lowest BCUT2D eigenvalue weighted by molar-refractivity contribution is -0.695. The van der Waals surface area contributed by atoms with Crippen molar-refractivity contribution in [2.45, 2.75) is 25.9 Å². The summed E-state index contributed by atoms with van der Waals surface area (Å²) in [5.74, 6) is -1.43. The van der Waals surface area contributed by atoms with Crippen LogP contribution in [0.1, 0.15) is 34.1 Å². The summed E-state index contributed by atoms with van der Waals surface area (Å²) in [6.45, 7) is 3.06. The molecule has 0 bridgehead atoms. The Morgan fingerprint density at radius 1 is 1.18 bits per heavy atom. The summed E-state index contributed by atoms with van der Waals surface area (Å²) in [7, 11) is 0. The average Bonchev–Trinajstić information content (AvgIpc) is 3.54. The third kappa shape index (κ3) is 3.82. The first-order chi connectivity index (χ1) is 16.0. The standard InChI is InChI=1S/C26H23N3O4/c1-17-7-9-18(10-8-17)23-22(24(30)21-15-19-5-2-3-6-20(19)33-21)25(31)26(32)29(23)13-4-12-28-14-11-27-16-28/h2-3,5-11,14-16,23H,4,12-13H2,1H3,(H,30,31)/p+1. The number of aliphatic hydroxyl groups excluding tert-OH is 1. The highest BCUT2D eigenvalue weighted by molar-refractivity contribution is 6.16. The summed E-state index contributed by atoms with van der Waals surface area (Å²) in [6.07, 6.45) is 6.24. The highest BCUT2D eigenvalue weighted by Crippen LogP contribution is 2.39. The van der Waals surface area contributed by atoms with Gasteiger partial charge in [-0.25, -0.2) is 4.57 Å². The Morgan fingerprint density at radius 3 is 2.70 bits per heavy atom. The van der Waals surface area contributed by atoms with Crippen molar-refractivity contribution < 1.29 is 23.7 Å². The number of nitrogens with one attached hydrogen (secondary N) is 1. The molecule has 2 aromatic carbocycles. The summed E-state index contributed by atoms with van der Waals surface area (Å²) < 4.78 is 7.74. The van der Waals surface area contributed by atoms with Crippen LogP contribution < -0.4 is 4.57 Å². The molecule has 0 saturated carbocycles. The van der Waals surface area contributed by atoms with Crippen LogP contribution in [0.3, 0.4) is 0 Å². The van der Waals surface area contributed by atoms with Crippen molar-refractivity contribution in [1.82, 2.24) is 9.88 Å². The van der Waals surface area contributed by atoms with Gasteiger partial charge in [-0.15, -0.1) is 0 Å². The summed E-state index contributed by atoms with van der Waals surface area (Å²) in [4.78, 5) is 31.2. The minimum Gasteiger partial charge on any atom is -0.503 e. The fourth-order valence-corrected chi connectivity index (χ4v) is 4.32. The smallest absolute Gasteiger partial charge is 0.290 e. The van der Waals surface area contributed by atoms with Crippen molar-refractivity contribution in [3.8, 4) is 0 Å². The van der Waals surface area contributed by atoms with Gasteiger partial charge in [-0.05, 0) is 24.6 Å². The molecule has 0 spiro atoms. The second-order valence-corrected chi connectivity index (χ2v) is 8.25. The van der Waals surface area contributed by atoms with E-state index in [9.17, 15) is 14.7 Å². The number of aromatic amines is 1. The number of benzene rings is 2. The average molecular weight is 442 g/mol. The molecule has 2 aromatic heterocycles. The second-order valence-electron chi connectivity index (χ2n) is 8.25. The molecule has 5 rings (SSSR count). The van der Waals surface area contributed by atoms with Gasteiger partial charge in [0, 0.05) is 18.4 Å². The number of carbonyl (C=O) groups excluding carboxylic acids is 2. The molecule has 3 heterocycles. The number of furan rings is 1. The zero-order valence-corrected chi connectivity index (χ0v) is 18.2. The molecule has 0 radical (unpaired) electrons. The molecular formula is C26H24N3O4+. The van der Waals surface area contributed by atoms with Crippen molar-refractivity contribution >= 4 is 22.7 Å². The number of H-pyrrole nitrogens is 1. The number of fused-ring (bicyclic) bond motifs is 1. The first kappa shape index (κ1) is 20.8. The number of carbonyl (C=O) groups is 2. The summed E-state index contributed by atoms with van der Waals surface area (Å²) in [5, 5.41) is 11.6. The molecule has 33 heavy (non-hydrogen) atoms. The molecule has 7 nitrogen and oxygen atoms in total. The van der Waals surface area contributed by atoms with Gasteiger partial charge in [0.1, 0.15) is 18.0 Å². The number of para-hydroxylation sites is 1. The van der Waals surface area contributed by atoms with E-state index in [1.54, 1.807) is 17.0 Å². The second kappa shape index (κ2) is 8.43. The summed E-state index contributed by atoms with van der Waals surface area (Å²) in [6, 6.07) is 16.0. The fraction of sp³-hybridized carbons (Fsp3) is 0.192. The van der Waals surface area contributed by atoms with Crippen LogP contribution in [0.2, 0.25) is 0 Å². The zero-order valence-electron chi connectivity index (χ0n) is 18.2. The molecule has 1 unspecified atom stereocenters. The van der Waals surface area contributed by atoms with Gasteiger partial charge in [-0.2, -0.15) is 0 Å². The molecule has 4 aromatic rings. The number of imidazole rings is 1. The van der Waals surface area contributed by atoms with E-state index < -0.39 is 23.5 Å². The number of aryl methyl sites for hydroxylation is 2. The molecule has 166 valence electrons. The first-order valence-corrected chi connectivity index (χ1v) is 10.9. The highest BCUT2D eigenvalue weighted by atomic mass is 16.3. The lowest BCUT2D eigenvalue weighted by atomic mass is 9.94. The van der Waals surface area contributed by atoms with Crippen molar-refractivity contribution in [3.63, 3.8) is 0 Å². The van der Waals surface area contributed by atoms with Crippen LogP contribution in [-0.4, -0.2) is 33.2 Å². The largest absolute Gasteiger partial charge is 0.503 e. The van der Waals surface area contributed by atoms with Gasteiger partial charge >= 0.3 is 0 Å². The van der Waals surface area contributed by atoms with Crippen molar-refractivity contribution in [2.75, 3.05) is 6.54 Å². The van der Waals surface area contributed by atoms with Gasteiger partial charge in [-0.3, -0.25) is 14.6 Å². The van der Waals surface area contributed by atoms with Crippen molar-refractivity contribution in [3.05, 3.63) is 102 Å². The van der Waals surface area contributed by atoms with Crippen LogP contribution in [0.5, 0.6) is 0 Å². The normalized spacial score (nSPS) is 16.2. The molecule has 0 aliphatic carbocycles. The molecule has 1 aliphatic rings. The van der Waals surface area contributed by atoms with Crippen LogP contribution in [0.15, 0.2) is 89.1 Å². The number of amides is 1. The Balaban J connectivity index is 1.50. The van der Waals surface area contributed by atoms with Crippen LogP contribution in [0.4, 0.5) is 0 Å². The van der Waals surface area contributed by atoms with E-state index in [0.717, 1.165) is 16.5 Å². The van der Waals surface area contributed by atoms with E-state index in [1.165, 1.54) is 0 Å². The number of ketones is 1. The Morgan fingerprint density at radius 2 is 1.97 bits per heavy atom. The third-order valence-corrected chi connectivity index (χ3v) is 6.01. The fourth-order valence-electron chi connectivity index (χ4n) is 4.32. The number of aliphatic hydroxyl groups is 1. The van der Waals surface area contributed by atoms with Crippen LogP contribution >= 0.6 is 0 Å². The van der Waals surface area contributed by atoms with Crippen LogP contribution in [0.25, 0.3) is 11.0 Å². The predicted octanol–water partition coefficient (Wildman–Crippen LogP) is 4.03. The molecule has 1 atom stereocenters. The van der Waals surface area contributed by atoms with Crippen LogP contribution in [0, 0.1) is 6.92 Å². The van der Waals surface area contributed by atoms with Gasteiger partial charge < -0.3 is 14.4 Å². The summed E-state index contributed by atoms with van der Waals surface area (Å²) >= 11 is 0. The number of hydrogen-bond donors (Lipinski definition) is 2. The monoisotopic (exact) mass is 442 g/mol. The first-order valence-electron chi connectivity index (χ1n) is 10.9. The van der Waals surface area contributed by atoms with Gasteiger partial charge in [0.05, 0.1) is 18.2 Å². The number of Topliss-reactive ketones (excluding diaryl/α,β-unsaturated/α-hetero) is 1. The quantitative estimate of drug-likeness (QED) is 0.334. The maximum absolute atomic E-state index is 13.5. The van der Waals surface area contributed by atoms with Crippen molar-refractivity contribution in [1.29, 1.82) is 0 Å². The highest BCUT2D eigenvalue weighted by Gasteiger charge is 2.44. The van der Waals surface area contributed by atoms with Crippen molar-refractivity contribution in [2.24, 2.45) is 0 Å². The van der Waals surface area contributed by atoms with Gasteiger partial charge in [-0.1, -0.05) is 48.0 Å². The molecule has 0 fully saturated rings. The SMILES string of the molecule is Cc1ccc(C2C(C(=O)c3cc4ccccc4o3)=C(O)C(=O)N2CCC[n+]2cc[nH]c2)cc1. The van der Waals surface area contributed by atoms with Gasteiger partial charge in [0.2, 0.25) is 12.1 Å². The molecule has 1 amide bonds. The third-order valence-electron chi connectivity index (χ3n) is 6.01. The van der Waals surface area contributed by atoms with E-state index in [-0.39, 0.29) is 11.3 Å². The van der Waals surface area contributed by atoms with E-state index in [0.29, 0.717) is 25.1 Å². The summed E-state index contributed by atoms with van der Waals surface area (Å²) in [5.41, 5.74) is 2.47. The van der Waals surface area contributed by atoms with Gasteiger partial charge in [0.25, 0.3) is 5.91 Å². The molecule has 1 aliphatic heterocycles. The van der Waals surface area contributed by atoms with Gasteiger partial charge in [0.15, 0.2) is 11.5 Å². The van der Waals surface area contributed by atoms with E-state index in [4.69, 9.17) is 4.42 Å².